The smallest absolute Gasteiger partial charge is 0.257 e. The molecule has 1 aromatic heterocycles. The van der Waals surface area contributed by atoms with Crippen molar-refractivity contribution in [3.63, 3.8) is 0 Å². The Bertz CT molecular complexity index is 1160. The fraction of sp³-hybridized carbons (Fsp3) is 0.217. The molecule has 3 rings (SSSR count). The molecule has 33 heavy (non-hydrogen) atoms. The van der Waals surface area contributed by atoms with E-state index in [1.807, 2.05) is 0 Å². The molecule has 10 heteroatoms. The number of thiocarbonyl (C=S) groups is 1. The first-order chi connectivity index (χ1) is 15.9. The lowest BCUT2D eigenvalue weighted by molar-refractivity contribution is 0.0977. The maximum absolute atomic E-state index is 12.4. The van der Waals surface area contributed by atoms with Gasteiger partial charge in [0.2, 0.25) is 10.0 Å². The van der Waals surface area contributed by atoms with Crippen molar-refractivity contribution in [1.29, 1.82) is 0 Å². The lowest BCUT2D eigenvalue weighted by Crippen LogP contribution is -2.34. The SMILES string of the molecule is CCCCOc1ccc(C(=O)NC(=S)Nc2ccc(S(=O)(=O)NCc3ccco3)cc2)cc1. The van der Waals surface area contributed by atoms with Crippen LogP contribution in [-0.2, 0) is 16.6 Å². The van der Waals surface area contributed by atoms with Gasteiger partial charge in [-0.05, 0) is 79.3 Å². The second-order valence-electron chi connectivity index (χ2n) is 7.06. The summed E-state index contributed by atoms with van der Waals surface area (Å²) in [7, 11) is -3.70. The van der Waals surface area contributed by atoms with E-state index in [1.54, 1.807) is 48.5 Å². The van der Waals surface area contributed by atoms with Crippen molar-refractivity contribution < 1.29 is 22.4 Å². The molecular weight excluding hydrogens is 462 g/mol. The Morgan fingerprint density at radius 3 is 2.42 bits per heavy atom. The topological polar surface area (TPSA) is 110 Å². The van der Waals surface area contributed by atoms with E-state index in [9.17, 15) is 13.2 Å². The minimum atomic E-state index is -3.70. The van der Waals surface area contributed by atoms with Gasteiger partial charge in [0.15, 0.2) is 5.11 Å². The van der Waals surface area contributed by atoms with Crippen LogP contribution in [-0.4, -0.2) is 26.0 Å². The predicted octanol–water partition coefficient (Wildman–Crippen LogP) is 4.06. The summed E-state index contributed by atoms with van der Waals surface area (Å²) >= 11 is 5.19. The maximum Gasteiger partial charge on any atom is 0.257 e. The monoisotopic (exact) mass is 487 g/mol. The summed E-state index contributed by atoms with van der Waals surface area (Å²) in [5.74, 6) is 0.847. The van der Waals surface area contributed by atoms with Crippen molar-refractivity contribution in [3.8, 4) is 5.75 Å². The third kappa shape index (κ3) is 7.41. The van der Waals surface area contributed by atoms with Gasteiger partial charge in [-0.1, -0.05) is 13.3 Å². The molecule has 0 aliphatic heterocycles. The van der Waals surface area contributed by atoms with Crippen molar-refractivity contribution in [1.82, 2.24) is 10.0 Å². The van der Waals surface area contributed by atoms with Crippen LogP contribution in [0.15, 0.2) is 76.2 Å². The zero-order valence-corrected chi connectivity index (χ0v) is 19.7. The highest BCUT2D eigenvalue weighted by molar-refractivity contribution is 7.89. The van der Waals surface area contributed by atoms with Crippen LogP contribution in [0.25, 0.3) is 0 Å². The number of furan rings is 1. The Morgan fingerprint density at radius 2 is 1.79 bits per heavy atom. The highest BCUT2D eigenvalue weighted by atomic mass is 32.2. The summed E-state index contributed by atoms with van der Waals surface area (Å²) in [6.07, 6.45) is 3.49. The molecule has 3 aromatic rings. The maximum atomic E-state index is 12.4. The Labute approximate surface area is 198 Å². The molecule has 0 fully saturated rings. The standard InChI is InChI=1S/C23H25N3O5S2/c1-2-3-14-30-19-10-6-17(7-11-19)22(27)26-23(32)25-18-8-12-21(13-9-18)33(28,29)24-16-20-5-4-15-31-20/h4-13,15,24H,2-3,14,16H2,1H3,(H2,25,26,27,32). The molecule has 0 unspecified atom stereocenters. The summed E-state index contributed by atoms with van der Waals surface area (Å²) in [4.78, 5) is 12.5. The molecule has 0 bridgehead atoms. The second-order valence-corrected chi connectivity index (χ2v) is 9.24. The van der Waals surface area contributed by atoms with E-state index in [0.29, 0.717) is 29.4 Å². The number of anilines is 1. The van der Waals surface area contributed by atoms with Gasteiger partial charge < -0.3 is 14.5 Å². The molecule has 1 heterocycles. The molecule has 0 aliphatic rings. The first-order valence-corrected chi connectivity index (χ1v) is 12.2. The van der Waals surface area contributed by atoms with Crippen LogP contribution >= 0.6 is 12.2 Å². The van der Waals surface area contributed by atoms with Crippen LogP contribution in [0.5, 0.6) is 5.75 Å². The highest BCUT2D eigenvalue weighted by Crippen LogP contribution is 2.15. The number of amides is 1. The summed E-state index contributed by atoms with van der Waals surface area (Å²) in [6.45, 7) is 2.78. The minimum Gasteiger partial charge on any atom is -0.494 e. The van der Waals surface area contributed by atoms with E-state index in [4.69, 9.17) is 21.4 Å². The van der Waals surface area contributed by atoms with Gasteiger partial charge in [-0.25, -0.2) is 13.1 Å². The molecule has 8 nitrogen and oxygen atoms in total. The molecule has 0 radical (unpaired) electrons. The van der Waals surface area contributed by atoms with E-state index in [1.165, 1.54) is 18.4 Å². The van der Waals surface area contributed by atoms with Crippen LogP contribution in [0.3, 0.4) is 0 Å². The molecular formula is C23H25N3O5S2. The average molecular weight is 488 g/mol. The van der Waals surface area contributed by atoms with Gasteiger partial charge in [-0.2, -0.15) is 0 Å². The number of unbranched alkanes of at least 4 members (excludes halogenated alkanes) is 1. The molecule has 0 saturated carbocycles. The van der Waals surface area contributed by atoms with E-state index < -0.39 is 10.0 Å². The zero-order chi connectivity index (χ0) is 23.7. The number of sulfonamides is 1. The summed E-state index contributed by atoms with van der Waals surface area (Å²) in [5, 5.41) is 5.56. The summed E-state index contributed by atoms with van der Waals surface area (Å²) in [6, 6.07) is 16.2. The zero-order valence-electron chi connectivity index (χ0n) is 18.0. The van der Waals surface area contributed by atoms with Crippen molar-refractivity contribution in [2.45, 2.75) is 31.2 Å². The van der Waals surface area contributed by atoms with E-state index in [2.05, 4.69) is 22.3 Å². The molecule has 3 N–H and O–H groups in total. The van der Waals surface area contributed by atoms with Crippen LogP contribution in [0, 0.1) is 0 Å². The molecule has 0 atom stereocenters. The quantitative estimate of drug-likeness (QED) is 0.292. The predicted molar refractivity (Wildman–Crippen MR) is 130 cm³/mol. The van der Waals surface area contributed by atoms with Gasteiger partial charge in [-0.15, -0.1) is 0 Å². The van der Waals surface area contributed by atoms with E-state index in [0.717, 1.165) is 12.8 Å². The van der Waals surface area contributed by atoms with Gasteiger partial charge in [0.05, 0.1) is 24.3 Å². The summed E-state index contributed by atoms with van der Waals surface area (Å²) in [5.41, 5.74) is 0.969. The van der Waals surface area contributed by atoms with Crippen molar-refractivity contribution in [2.75, 3.05) is 11.9 Å². The highest BCUT2D eigenvalue weighted by Gasteiger charge is 2.15. The van der Waals surface area contributed by atoms with Crippen molar-refractivity contribution in [2.24, 2.45) is 0 Å². The first kappa shape index (κ1) is 24.4. The number of carbonyl (C=O) groups excluding carboxylic acids is 1. The Balaban J connectivity index is 1.51. The average Bonchev–Trinajstić information content (AvgIpc) is 3.32. The number of hydrogen-bond donors (Lipinski definition) is 3. The number of nitrogens with one attached hydrogen (secondary N) is 3. The lowest BCUT2D eigenvalue weighted by atomic mass is 10.2. The van der Waals surface area contributed by atoms with Gasteiger partial charge in [0, 0.05) is 11.3 Å². The van der Waals surface area contributed by atoms with E-state index in [-0.39, 0.29) is 22.5 Å². The van der Waals surface area contributed by atoms with E-state index >= 15 is 0 Å². The molecule has 1 amide bonds. The Morgan fingerprint density at radius 1 is 1.06 bits per heavy atom. The van der Waals surface area contributed by atoms with Crippen LogP contribution in [0.2, 0.25) is 0 Å². The normalized spacial score (nSPS) is 11.1. The molecule has 2 aromatic carbocycles. The molecule has 0 aliphatic carbocycles. The summed E-state index contributed by atoms with van der Waals surface area (Å²) < 4.78 is 38.0. The molecule has 0 spiro atoms. The lowest BCUT2D eigenvalue weighted by Gasteiger charge is -2.11. The Kier molecular flexibility index (Phi) is 8.58. The van der Waals surface area contributed by atoms with Crippen LogP contribution in [0.4, 0.5) is 5.69 Å². The molecule has 0 saturated heterocycles. The van der Waals surface area contributed by atoms with Gasteiger partial charge in [-0.3, -0.25) is 10.1 Å². The third-order valence-corrected chi connectivity index (χ3v) is 6.17. The first-order valence-electron chi connectivity index (χ1n) is 10.3. The Hall–Kier alpha value is -3.21. The second kappa shape index (κ2) is 11.6. The minimum absolute atomic E-state index is 0.0529. The number of hydrogen-bond acceptors (Lipinski definition) is 6. The fourth-order valence-electron chi connectivity index (χ4n) is 2.75. The van der Waals surface area contributed by atoms with Crippen LogP contribution in [0.1, 0.15) is 35.9 Å². The third-order valence-electron chi connectivity index (χ3n) is 4.55. The number of ether oxygens (including phenoxy) is 1. The number of rotatable bonds is 10. The van der Waals surface area contributed by atoms with Gasteiger partial charge >= 0.3 is 0 Å². The molecule has 174 valence electrons. The number of benzene rings is 2. The number of carbonyl (C=O) groups is 1. The largest absolute Gasteiger partial charge is 0.494 e. The van der Waals surface area contributed by atoms with Gasteiger partial charge in [0.1, 0.15) is 11.5 Å². The fourth-order valence-corrected chi connectivity index (χ4v) is 3.96. The van der Waals surface area contributed by atoms with Crippen molar-refractivity contribution >= 4 is 38.9 Å². The van der Waals surface area contributed by atoms with Crippen molar-refractivity contribution in [3.05, 3.63) is 78.3 Å². The van der Waals surface area contributed by atoms with Gasteiger partial charge in [0.25, 0.3) is 5.91 Å². The van der Waals surface area contributed by atoms with Crippen LogP contribution < -0.4 is 20.1 Å².